The Hall–Kier alpha value is -4.07. The number of nitrogens with one attached hydrogen (secondary N) is 1. The third-order valence-electron chi connectivity index (χ3n) is 6.10. The SMILES string of the molecule is CC1=C(c2cc3ccccc3[nH]2)C(F)=CC2C(=O)C(C(=O)O)=CN(c3ccc(F)cc3F)C12. The molecule has 166 valence electrons. The van der Waals surface area contributed by atoms with E-state index in [0.29, 0.717) is 17.3 Å². The van der Waals surface area contributed by atoms with E-state index in [2.05, 4.69) is 4.98 Å². The van der Waals surface area contributed by atoms with Gasteiger partial charge in [0, 0.05) is 34.4 Å². The first-order valence-electron chi connectivity index (χ1n) is 10.2. The van der Waals surface area contributed by atoms with E-state index in [1.54, 1.807) is 13.0 Å². The number of benzene rings is 2. The molecule has 5 rings (SSSR count). The van der Waals surface area contributed by atoms with Crippen LogP contribution >= 0.6 is 0 Å². The van der Waals surface area contributed by atoms with Crippen molar-refractivity contribution in [1.29, 1.82) is 0 Å². The number of carbonyl (C=O) groups excluding carboxylic acids is 1. The third-order valence-corrected chi connectivity index (χ3v) is 6.10. The molecule has 2 aromatic carbocycles. The average molecular weight is 450 g/mol. The number of carboxylic acid groups (broad SMARTS) is 1. The molecule has 2 heterocycles. The quantitative estimate of drug-likeness (QED) is 0.543. The highest BCUT2D eigenvalue weighted by molar-refractivity contribution is 6.20. The summed E-state index contributed by atoms with van der Waals surface area (Å²) in [7, 11) is 0. The number of aromatic nitrogens is 1. The van der Waals surface area contributed by atoms with Crippen LogP contribution in [0.3, 0.4) is 0 Å². The zero-order valence-corrected chi connectivity index (χ0v) is 17.3. The number of fused-ring (bicyclic) bond motifs is 2. The normalized spacial score (nSPS) is 20.6. The topological polar surface area (TPSA) is 73.4 Å². The molecule has 33 heavy (non-hydrogen) atoms. The van der Waals surface area contributed by atoms with Crippen LogP contribution in [0.1, 0.15) is 12.6 Å². The van der Waals surface area contributed by atoms with Gasteiger partial charge in [-0.3, -0.25) is 4.79 Å². The van der Waals surface area contributed by atoms with E-state index in [4.69, 9.17) is 0 Å². The van der Waals surface area contributed by atoms with E-state index in [1.807, 2.05) is 24.3 Å². The van der Waals surface area contributed by atoms with Crippen molar-refractivity contribution in [2.45, 2.75) is 13.0 Å². The summed E-state index contributed by atoms with van der Waals surface area (Å²) < 4.78 is 43.6. The zero-order chi connectivity index (χ0) is 23.4. The average Bonchev–Trinajstić information content (AvgIpc) is 3.18. The van der Waals surface area contributed by atoms with E-state index < -0.39 is 46.7 Å². The minimum atomic E-state index is -1.51. The molecule has 2 atom stereocenters. The van der Waals surface area contributed by atoms with Crippen molar-refractivity contribution in [2.75, 3.05) is 4.90 Å². The molecule has 0 amide bonds. The van der Waals surface area contributed by atoms with Gasteiger partial charge in [0.1, 0.15) is 23.0 Å². The summed E-state index contributed by atoms with van der Waals surface area (Å²) in [4.78, 5) is 29.1. The first-order chi connectivity index (χ1) is 15.8. The van der Waals surface area contributed by atoms with Gasteiger partial charge in [0.25, 0.3) is 0 Å². The Morgan fingerprint density at radius 1 is 1.09 bits per heavy atom. The standard InChI is InChI=1S/C25H17F3N2O3/c1-12-22(20-8-13-4-2-3-5-19(13)29-20)18(28)10-15-23(12)30(11-16(24(15)31)25(32)33)21-7-6-14(26)9-17(21)27/h2-11,15,23,29H,1H3,(H,32,33). The highest BCUT2D eigenvalue weighted by Crippen LogP contribution is 2.44. The molecule has 5 nitrogen and oxygen atoms in total. The lowest BCUT2D eigenvalue weighted by molar-refractivity contribution is -0.135. The fourth-order valence-electron chi connectivity index (χ4n) is 4.62. The van der Waals surface area contributed by atoms with Crippen LogP contribution in [0.5, 0.6) is 0 Å². The van der Waals surface area contributed by atoms with Gasteiger partial charge in [-0.15, -0.1) is 0 Å². The van der Waals surface area contributed by atoms with Crippen LogP contribution in [0.25, 0.3) is 16.5 Å². The monoisotopic (exact) mass is 450 g/mol. The van der Waals surface area contributed by atoms with Gasteiger partial charge in [-0.2, -0.15) is 0 Å². The van der Waals surface area contributed by atoms with Crippen molar-refractivity contribution in [3.05, 3.63) is 95.1 Å². The predicted octanol–water partition coefficient (Wildman–Crippen LogP) is 5.13. The Labute approximate surface area is 186 Å². The molecular weight excluding hydrogens is 433 g/mol. The molecular formula is C25H17F3N2O3. The van der Waals surface area contributed by atoms with Crippen molar-refractivity contribution in [1.82, 2.24) is 4.98 Å². The molecule has 0 saturated carbocycles. The fourth-order valence-corrected chi connectivity index (χ4v) is 4.62. The number of hydrogen-bond donors (Lipinski definition) is 2. The summed E-state index contributed by atoms with van der Waals surface area (Å²) in [6.45, 7) is 1.62. The maximum Gasteiger partial charge on any atom is 0.340 e. The maximum absolute atomic E-state index is 15.4. The molecule has 1 aliphatic heterocycles. The zero-order valence-electron chi connectivity index (χ0n) is 17.3. The molecule has 8 heteroatoms. The summed E-state index contributed by atoms with van der Waals surface area (Å²) in [5.41, 5.74) is 1.15. The number of aliphatic carboxylic acids is 1. The van der Waals surface area contributed by atoms with Crippen molar-refractivity contribution in [2.24, 2.45) is 5.92 Å². The van der Waals surface area contributed by atoms with Crippen molar-refractivity contribution >= 4 is 33.9 Å². The fraction of sp³-hybridized carbons (Fsp3) is 0.120. The van der Waals surface area contributed by atoms with Gasteiger partial charge in [-0.05, 0) is 42.8 Å². The van der Waals surface area contributed by atoms with Gasteiger partial charge < -0.3 is 15.0 Å². The summed E-state index contributed by atoms with van der Waals surface area (Å²) in [6, 6.07) is 11.1. The first-order valence-corrected chi connectivity index (χ1v) is 10.2. The number of para-hydroxylation sites is 1. The number of rotatable bonds is 3. The Kier molecular flexibility index (Phi) is 4.74. The van der Waals surface area contributed by atoms with Crippen LogP contribution in [-0.2, 0) is 9.59 Å². The van der Waals surface area contributed by atoms with Crippen LogP contribution in [0, 0.1) is 17.6 Å². The Bertz CT molecular complexity index is 1400. The number of halogens is 3. The summed E-state index contributed by atoms with van der Waals surface area (Å²) in [5, 5.41) is 10.4. The predicted molar refractivity (Wildman–Crippen MR) is 117 cm³/mol. The molecule has 0 fully saturated rings. The van der Waals surface area contributed by atoms with E-state index in [1.165, 1.54) is 4.90 Å². The molecule has 0 spiro atoms. The molecule has 2 aliphatic rings. The van der Waals surface area contributed by atoms with E-state index in [0.717, 1.165) is 35.3 Å². The molecule has 2 unspecified atom stereocenters. The lowest BCUT2D eigenvalue weighted by atomic mass is 9.76. The minimum Gasteiger partial charge on any atom is -0.478 e. The van der Waals surface area contributed by atoms with Gasteiger partial charge in [0.2, 0.25) is 0 Å². The number of carboxylic acids is 1. The second-order valence-electron chi connectivity index (χ2n) is 8.03. The Morgan fingerprint density at radius 2 is 1.85 bits per heavy atom. The van der Waals surface area contributed by atoms with Gasteiger partial charge in [0.05, 0.1) is 17.6 Å². The number of allylic oxidation sites excluding steroid dienone is 2. The third kappa shape index (κ3) is 3.26. The van der Waals surface area contributed by atoms with Gasteiger partial charge in [0.15, 0.2) is 5.78 Å². The van der Waals surface area contributed by atoms with Crippen molar-refractivity contribution in [3.63, 3.8) is 0 Å². The first kappa shape index (κ1) is 20.8. The number of Topliss-reactive ketones (excluding diaryl/α,β-unsaturated/α-hetero) is 1. The maximum atomic E-state index is 15.4. The number of nitrogens with zero attached hydrogens (tertiary/aromatic N) is 1. The second kappa shape index (κ2) is 7.51. The Morgan fingerprint density at radius 3 is 2.55 bits per heavy atom. The number of hydrogen-bond acceptors (Lipinski definition) is 3. The molecule has 0 bridgehead atoms. The van der Waals surface area contributed by atoms with Crippen LogP contribution < -0.4 is 4.90 Å². The van der Waals surface area contributed by atoms with Crippen molar-refractivity contribution in [3.8, 4) is 0 Å². The number of ketones is 1. The number of H-pyrrole nitrogens is 1. The van der Waals surface area contributed by atoms with Crippen LogP contribution in [0.2, 0.25) is 0 Å². The second-order valence-corrected chi connectivity index (χ2v) is 8.03. The lowest BCUT2D eigenvalue weighted by Crippen LogP contribution is -2.48. The van der Waals surface area contributed by atoms with Gasteiger partial charge in [-0.1, -0.05) is 18.2 Å². The van der Waals surface area contributed by atoms with Gasteiger partial charge >= 0.3 is 5.97 Å². The minimum absolute atomic E-state index is 0.122. The largest absolute Gasteiger partial charge is 0.478 e. The molecule has 0 radical (unpaired) electrons. The summed E-state index contributed by atoms with van der Waals surface area (Å²) in [6.07, 6.45) is 2.11. The molecule has 2 N–H and O–H groups in total. The molecule has 0 saturated heterocycles. The smallest absolute Gasteiger partial charge is 0.340 e. The van der Waals surface area contributed by atoms with Crippen LogP contribution in [0.15, 0.2) is 77.8 Å². The van der Waals surface area contributed by atoms with E-state index in [9.17, 15) is 23.5 Å². The van der Waals surface area contributed by atoms with Crippen LogP contribution in [0.4, 0.5) is 18.9 Å². The molecule has 3 aromatic rings. The van der Waals surface area contributed by atoms with E-state index >= 15 is 4.39 Å². The summed E-state index contributed by atoms with van der Waals surface area (Å²) >= 11 is 0. The number of carbonyl (C=O) groups is 2. The summed E-state index contributed by atoms with van der Waals surface area (Å²) in [5.74, 6) is -5.90. The Balaban J connectivity index is 1.73. The highest BCUT2D eigenvalue weighted by Gasteiger charge is 2.45. The van der Waals surface area contributed by atoms with Crippen molar-refractivity contribution < 1.29 is 27.9 Å². The van der Waals surface area contributed by atoms with Crippen LogP contribution in [-0.4, -0.2) is 27.9 Å². The highest BCUT2D eigenvalue weighted by atomic mass is 19.1. The lowest BCUT2D eigenvalue weighted by Gasteiger charge is -2.41. The number of aromatic amines is 1. The van der Waals surface area contributed by atoms with E-state index in [-0.39, 0.29) is 11.3 Å². The number of anilines is 1. The van der Waals surface area contributed by atoms with Gasteiger partial charge in [-0.25, -0.2) is 18.0 Å². The molecule has 1 aliphatic carbocycles. The molecule has 1 aromatic heterocycles.